The first-order chi connectivity index (χ1) is 10.4. The van der Waals surface area contributed by atoms with Gasteiger partial charge in [0.2, 0.25) is 5.91 Å². The summed E-state index contributed by atoms with van der Waals surface area (Å²) >= 11 is 0. The Hall–Kier alpha value is -2.30. The Kier molecular flexibility index (Phi) is 4.01. The van der Waals surface area contributed by atoms with Crippen molar-refractivity contribution in [2.24, 2.45) is 5.73 Å². The van der Waals surface area contributed by atoms with Crippen molar-refractivity contribution in [3.8, 4) is 17.1 Å². The fourth-order valence-electron chi connectivity index (χ4n) is 2.82. The highest BCUT2D eigenvalue weighted by Crippen LogP contribution is 2.45. The van der Waals surface area contributed by atoms with E-state index in [1.165, 1.54) is 0 Å². The zero-order chi connectivity index (χ0) is 17.6. The normalized spacial score (nSPS) is 12.4. The van der Waals surface area contributed by atoms with E-state index in [1.807, 2.05) is 41.5 Å². The molecule has 124 valence electrons. The number of H-pyrrole nitrogens is 1. The van der Waals surface area contributed by atoms with Crippen molar-refractivity contribution >= 4 is 5.91 Å². The highest BCUT2D eigenvalue weighted by molar-refractivity contribution is 6.01. The summed E-state index contributed by atoms with van der Waals surface area (Å²) in [5.41, 5.74) is 7.23. The monoisotopic (exact) mass is 315 g/mol. The summed E-state index contributed by atoms with van der Waals surface area (Å²) < 4.78 is 0. The number of nitrogens with one attached hydrogen (secondary N) is 1. The van der Waals surface area contributed by atoms with Crippen LogP contribution in [0.2, 0.25) is 0 Å². The van der Waals surface area contributed by atoms with Gasteiger partial charge in [0, 0.05) is 29.1 Å². The average Bonchev–Trinajstić information content (AvgIpc) is 2.87. The molecule has 0 unspecified atom stereocenters. The van der Waals surface area contributed by atoms with Crippen molar-refractivity contribution in [2.45, 2.75) is 52.4 Å². The first-order valence-electron chi connectivity index (χ1n) is 7.65. The summed E-state index contributed by atoms with van der Waals surface area (Å²) in [5, 5.41) is 11.0. The van der Waals surface area contributed by atoms with E-state index in [2.05, 4.69) is 9.97 Å². The van der Waals surface area contributed by atoms with E-state index >= 15 is 0 Å². The van der Waals surface area contributed by atoms with Crippen molar-refractivity contribution in [3.63, 3.8) is 0 Å². The highest BCUT2D eigenvalue weighted by Gasteiger charge is 2.32. The smallest absolute Gasteiger partial charge is 0.249 e. The Morgan fingerprint density at radius 3 is 2.17 bits per heavy atom. The molecule has 0 aliphatic heterocycles. The van der Waals surface area contributed by atoms with Crippen molar-refractivity contribution in [1.29, 1.82) is 0 Å². The minimum Gasteiger partial charge on any atom is -0.507 e. The fourth-order valence-corrected chi connectivity index (χ4v) is 2.82. The number of hydrogen-bond acceptors (Lipinski definition) is 3. The maximum Gasteiger partial charge on any atom is 0.249 e. The Balaban J connectivity index is 3.00. The van der Waals surface area contributed by atoms with Crippen molar-refractivity contribution in [1.82, 2.24) is 9.97 Å². The number of primary amides is 1. The van der Waals surface area contributed by atoms with Gasteiger partial charge in [0.15, 0.2) is 0 Å². The molecule has 1 heterocycles. The van der Waals surface area contributed by atoms with Gasteiger partial charge in [-0.3, -0.25) is 4.79 Å². The third kappa shape index (κ3) is 3.09. The Bertz CT molecular complexity index is 733. The lowest BCUT2D eigenvalue weighted by molar-refractivity contribution is 0.100. The molecule has 0 aliphatic carbocycles. The summed E-state index contributed by atoms with van der Waals surface area (Å²) in [6, 6.07) is 1.69. The first kappa shape index (κ1) is 17.1. The maximum atomic E-state index is 12.1. The van der Waals surface area contributed by atoms with E-state index in [0.717, 1.165) is 0 Å². The minimum absolute atomic E-state index is 0.196. The molecule has 0 spiro atoms. The molecule has 5 nitrogen and oxygen atoms in total. The second-order valence-electron chi connectivity index (χ2n) is 7.87. The molecule has 0 bridgehead atoms. The van der Waals surface area contributed by atoms with Gasteiger partial charge in [0.25, 0.3) is 0 Å². The van der Waals surface area contributed by atoms with Gasteiger partial charge in [-0.15, -0.1) is 0 Å². The third-order valence-corrected chi connectivity index (χ3v) is 3.86. The number of aromatic amines is 1. The number of carbonyl (C=O) groups excluding carboxylic acids is 1. The average molecular weight is 315 g/mol. The molecule has 0 radical (unpaired) electrons. The second kappa shape index (κ2) is 5.41. The Morgan fingerprint density at radius 2 is 1.78 bits per heavy atom. The molecule has 0 saturated carbocycles. The molecule has 5 heteroatoms. The number of aromatic nitrogens is 2. The van der Waals surface area contributed by atoms with Crippen LogP contribution in [0.5, 0.6) is 5.75 Å². The molecular formula is C18H25N3O2. The van der Waals surface area contributed by atoms with Crippen LogP contribution in [0.4, 0.5) is 0 Å². The lowest BCUT2D eigenvalue weighted by Crippen LogP contribution is -2.23. The number of nitrogens with two attached hydrogens (primary N) is 1. The molecule has 2 rings (SSSR count). The molecule has 2 aromatic rings. The number of hydrogen-bond donors (Lipinski definition) is 3. The van der Waals surface area contributed by atoms with Gasteiger partial charge in [-0.25, -0.2) is 4.98 Å². The lowest BCUT2D eigenvalue weighted by atomic mass is 9.75. The number of imidazole rings is 1. The van der Waals surface area contributed by atoms with Gasteiger partial charge in [0.1, 0.15) is 11.6 Å². The number of carbonyl (C=O) groups is 1. The number of rotatable bonds is 2. The number of aromatic hydroxyl groups is 1. The van der Waals surface area contributed by atoms with E-state index in [1.54, 1.807) is 18.5 Å². The van der Waals surface area contributed by atoms with Crippen LogP contribution < -0.4 is 5.73 Å². The maximum absolute atomic E-state index is 12.1. The van der Waals surface area contributed by atoms with Crippen LogP contribution in [0.1, 0.15) is 63.0 Å². The van der Waals surface area contributed by atoms with Gasteiger partial charge in [0.05, 0.1) is 5.56 Å². The van der Waals surface area contributed by atoms with Crippen molar-refractivity contribution < 1.29 is 9.90 Å². The molecule has 4 N–H and O–H groups in total. The molecule has 0 aliphatic rings. The Labute approximate surface area is 136 Å². The standard InChI is InChI=1S/C18H25N3O2/c1-17(2,3)11-9-10(15(19)23)12(16-20-7-8-21-16)13(14(11)22)18(4,5)6/h7-9,22H,1-6H3,(H2,19,23)(H,20,21). The van der Waals surface area contributed by atoms with E-state index in [-0.39, 0.29) is 11.2 Å². The predicted molar refractivity (Wildman–Crippen MR) is 91.6 cm³/mol. The van der Waals surface area contributed by atoms with E-state index in [4.69, 9.17) is 5.73 Å². The molecule has 0 fully saturated rings. The Morgan fingerprint density at radius 1 is 1.17 bits per heavy atom. The number of phenolic OH excluding ortho intramolecular Hbond substituents is 1. The zero-order valence-corrected chi connectivity index (χ0v) is 14.6. The van der Waals surface area contributed by atoms with Gasteiger partial charge in [-0.05, 0) is 16.9 Å². The number of amides is 1. The van der Waals surface area contributed by atoms with Crippen LogP contribution in [0.3, 0.4) is 0 Å². The minimum atomic E-state index is -0.535. The SMILES string of the molecule is CC(C)(C)c1cc(C(N)=O)c(-c2ncc[nH]2)c(C(C)(C)C)c1O. The summed E-state index contributed by atoms with van der Waals surface area (Å²) in [6.07, 6.45) is 3.29. The molecule has 0 saturated heterocycles. The van der Waals surface area contributed by atoms with Gasteiger partial charge >= 0.3 is 0 Å². The van der Waals surface area contributed by atoms with Crippen LogP contribution >= 0.6 is 0 Å². The van der Waals surface area contributed by atoms with Crippen molar-refractivity contribution in [3.05, 3.63) is 35.2 Å². The first-order valence-corrected chi connectivity index (χ1v) is 7.65. The molecular weight excluding hydrogens is 290 g/mol. The summed E-state index contributed by atoms with van der Waals surface area (Å²) in [4.78, 5) is 19.4. The van der Waals surface area contributed by atoms with Crippen LogP contribution in [-0.4, -0.2) is 21.0 Å². The topological polar surface area (TPSA) is 92.0 Å². The molecule has 1 aromatic heterocycles. The van der Waals surface area contributed by atoms with Gasteiger partial charge in [-0.2, -0.15) is 0 Å². The summed E-state index contributed by atoms with van der Waals surface area (Å²) in [6.45, 7) is 12.0. The van der Waals surface area contributed by atoms with Crippen LogP contribution in [0.15, 0.2) is 18.5 Å². The second-order valence-corrected chi connectivity index (χ2v) is 7.87. The highest BCUT2D eigenvalue weighted by atomic mass is 16.3. The zero-order valence-electron chi connectivity index (χ0n) is 14.6. The number of phenols is 1. The van der Waals surface area contributed by atoms with E-state index in [9.17, 15) is 9.90 Å². The molecule has 1 amide bonds. The van der Waals surface area contributed by atoms with E-state index in [0.29, 0.717) is 28.1 Å². The van der Waals surface area contributed by atoms with Gasteiger partial charge < -0.3 is 15.8 Å². The van der Waals surface area contributed by atoms with Crippen molar-refractivity contribution in [2.75, 3.05) is 0 Å². The van der Waals surface area contributed by atoms with E-state index < -0.39 is 11.3 Å². The molecule has 1 aromatic carbocycles. The van der Waals surface area contributed by atoms with Crippen LogP contribution in [-0.2, 0) is 10.8 Å². The summed E-state index contributed by atoms with van der Waals surface area (Å²) in [7, 11) is 0. The molecule has 23 heavy (non-hydrogen) atoms. The number of nitrogens with zero attached hydrogens (tertiary/aromatic N) is 1. The van der Waals surface area contributed by atoms with Crippen LogP contribution in [0, 0.1) is 0 Å². The lowest BCUT2D eigenvalue weighted by Gasteiger charge is -2.30. The number of benzene rings is 1. The quantitative estimate of drug-likeness (QED) is 0.792. The van der Waals surface area contributed by atoms with Gasteiger partial charge in [-0.1, -0.05) is 41.5 Å². The fraction of sp³-hybridized carbons (Fsp3) is 0.444. The van der Waals surface area contributed by atoms with Crippen LogP contribution in [0.25, 0.3) is 11.4 Å². The molecule has 0 atom stereocenters. The summed E-state index contributed by atoms with van der Waals surface area (Å²) in [5.74, 6) is 0.188. The predicted octanol–water partition coefficient (Wildman–Crippen LogP) is 3.48. The third-order valence-electron chi connectivity index (χ3n) is 3.86. The largest absolute Gasteiger partial charge is 0.507 e.